The van der Waals surface area contributed by atoms with E-state index >= 15 is 0 Å². The minimum Gasteiger partial charge on any atom is -0.493 e. The van der Waals surface area contributed by atoms with E-state index in [1.54, 1.807) is 29.5 Å². The second-order valence-electron chi connectivity index (χ2n) is 5.77. The molecule has 2 rings (SSSR count). The Bertz CT molecular complexity index is 747. The van der Waals surface area contributed by atoms with Crippen molar-refractivity contribution in [1.29, 1.82) is 0 Å². The number of ether oxygens (including phenoxy) is 2. The van der Waals surface area contributed by atoms with Crippen LogP contribution in [0.15, 0.2) is 35.0 Å². The number of hydrogen-bond donors (Lipinski definition) is 2. The molecule has 7 nitrogen and oxygen atoms in total. The lowest BCUT2D eigenvalue weighted by molar-refractivity contribution is -0.136. The molecule has 0 saturated heterocycles. The first-order valence-electron chi connectivity index (χ1n) is 7.96. The number of rotatable bonds is 7. The first-order valence-corrected chi connectivity index (χ1v) is 8.90. The molecule has 0 bridgehead atoms. The third-order valence-corrected chi connectivity index (χ3v) is 4.56. The quantitative estimate of drug-likeness (QED) is 0.723. The van der Waals surface area contributed by atoms with Gasteiger partial charge < -0.3 is 25.0 Å². The van der Waals surface area contributed by atoms with Gasteiger partial charge in [-0.15, -0.1) is 0 Å². The van der Waals surface area contributed by atoms with Gasteiger partial charge in [-0.3, -0.25) is 9.59 Å². The Kier molecular flexibility index (Phi) is 6.99. The van der Waals surface area contributed by atoms with Crippen molar-refractivity contribution in [3.05, 3.63) is 40.6 Å². The summed E-state index contributed by atoms with van der Waals surface area (Å²) in [4.78, 5) is 26.2. The van der Waals surface area contributed by atoms with Crippen LogP contribution in [0.1, 0.15) is 11.6 Å². The molecule has 1 heterocycles. The van der Waals surface area contributed by atoms with Crippen molar-refractivity contribution >= 4 is 28.8 Å². The summed E-state index contributed by atoms with van der Waals surface area (Å²) >= 11 is 1.59. The van der Waals surface area contributed by atoms with E-state index < -0.39 is 11.8 Å². The number of likely N-dealkylation sites (N-methyl/N-ethyl adjacent to an activating group) is 1. The monoisotopic (exact) mass is 377 g/mol. The standard InChI is InChI=1S/C18H23N3O4S/c1-21(2)14(12-7-8-26-11-12)10-19-17(22)18(23)20-13-5-6-15(24-3)16(9-13)25-4/h5-9,11,14H,10H2,1-4H3,(H,19,22)(H,20,23). The Morgan fingerprint density at radius 2 is 1.85 bits per heavy atom. The zero-order valence-electron chi connectivity index (χ0n) is 15.2. The van der Waals surface area contributed by atoms with Crippen LogP contribution in [0.4, 0.5) is 5.69 Å². The number of amides is 2. The summed E-state index contributed by atoms with van der Waals surface area (Å²) in [5.74, 6) is -0.419. The number of benzene rings is 1. The Hall–Kier alpha value is -2.58. The fourth-order valence-electron chi connectivity index (χ4n) is 2.43. The van der Waals surface area contributed by atoms with E-state index in [1.807, 2.05) is 35.8 Å². The maximum Gasteiger partial charge on any atom is 0.313 e. The summed E-state index contributed by atoms with van der Waals surface area (Å²) in [5, 5.41) is 9.25. The number of carbonyl (C=O) groups excluding carboxylic acids is 2. The lowest BCUT2D eigenvalue weighted by Crippen LogP contribution is -2.40. The van der Waals surface area contributed by atoms with Crippen molar-refractivity contribution < 1.29 is 19.1 Å². The molecular formula is C18H23N3O4S. The highest BCUT2D eigenvalue weighted by Crippen LogP contribution is 2.29. The molecule has 26 heavy (non-hydrogen) atoms. The van der Waals surface area contributed by atoms with Crippen LogP contribution in [-0.4, -0.2) is 51.6 Å². The van der Waals surface area contributed by atoms with Crippen molar-refractivity contribution in [2.45, 2.75) is 6.04 Å². The van der Waals surface area contributed by atoms with Crippen LogP contribution in [0.25, 0.3) is 0 Å². The van der Waals surface area contributed by atoms with E-state index in [1.165, 1.54) is 14.2 Å². The van der Waals surface area contributed by atoms with E-state index in [4.69, 9.17) is 9.47 Å². The number of methoxy groups -OCH3 is 2. The van der Waals surface area contributed by atoms with E-state index in [2.05, 4.69) is 10.6 Å². The molecule has 140 valence electrons. The molecule has 1 atom stereocenters. The Morgan fingerprint density at radius 3 is 2.42 bits per heavy atom. The van der Waals surface area contributed by atoms with Gasteiger partial charge in [0.25, 0.3) is 0 Å². The van der Waals surface area contributed by atoms with E-state index in [-0.39, 0.29) is 6.04 Å². The lowest BCUT2D eigenvalue weighted by Gasteiger charge is -2.23. The normalized spacial score (nSPS) is 11.7. The molecule has 0 saturated carbocycles. The van der Waals surface area contributed by atoms with Crippen LogP contribution in [0.2, 0.25) is 0 Å². The second kappa shape index (κ2) is 9.21. The van der Waals surface area contributed by atoms with Crippen LogP contribution < -0.4 is 20.1 Å². The van der Waals surface area contributed by atoms with Crippen LogP contribution in [0, 0.1) is 0 Å². The third-order valence-electron chi connectivity index (χ3n) is 3.85. The summed E-state index contributed by atoms with van der Waals surface area (Å²) in [6.45, 7) is 0.335. The van der Waals surface area contributed by atoms with Gasteiger partial charge in [0, 0.05) is 18.3 Å². The molecule has 0 aliphatic heterocycles. The van der Waals surface area contributed by atoms with E-state index in [0.717, 1.165) is 5.56 Å². The summed E-state index contributed by atoms with van der Waals surface area (Å²) in [6, 6.07) is 6.90. The first kappa shape index (κ1) is 19.7. The van der Waals surface area contributed by atoms with Gasteiger partial charge in [-0.1, -0.05) is 0 Å². The molecular weight excluding hydrogens is 354 g/mol. The highest BCUT2D eigenvalue weighted by molar-refractivity contribution is 7.08. The smallest absolute Gasteiger partial charge is 0.313 e. The predicted molar refractivity (Wildman–Crippen MR) is 102 cm³/mol. The Balaban J connectivity index is 1.96. The SMILES string of the molecule is COc1ccc(NC(=O)C(=O)NCC(c2ccsc2)N(C)C)cc1OC. The van der Waals surface area contributed by atoms with Gasteiger partial charge in [0.15, 0.2) is 11.5 Å². The number of nitrogens with one attached hydrogen (secondary N) is 2. The van der Waals surface area contributed by atoms with E-state index in [9.17, 15) is 9.59 Å². The van der Waals surface area contributed by atoms with Crippen molar-refractivity contribution in [3.63, 3.8) is 0 Å². The van der Waals surface area contributed by atoms with Gasteiger partial charge in [-0.25, -0.2) is 0 Å². The molecule has 2 amide bonds. The second-order valence-corrected chi connectivity index (χ2v) is 6.55. The molecule has 0 fully saturated rings. The van der Waals surface area contributed by atoms with Crippen molar-refractivity contribution in [2.24, 2.45) is 0 Å². The molecule has 0 aliphatic carbocycles. The zero-order chi connectivity index (χ0) is 19.1. The van der Waals surface area contributed by atoms with Crippen molar-refractivity contribution in [2.75, 3.05) is 40.2 Å². The fourth-order valence-corrected chi connectivity index (χ4v) is 3.14. The Labute approximate surface area is 156 Å². The van der Waals surface area contributed by atoms with E-state index in [0.29, 0.717) is 23.7 Å². The molecule has 2 aromatic rings. The average molecular weight is 377 g/mol. The molecule has 0 spiro atoms. The fraction of sp³-hybridized carbons (Fsp3) is 0.333. The average Bonchev–Trinajstić information content (AvgIpc) is 3.15. The molecule has 0 radical (unpaired) electrons. The van der Waals surface area contributed by atoms with Gasteiger partial charge in [-0.2, -0.15) is 11.3 Å². The van der Waals surface area contributed by atoms with Crippen LogP contribution in [0.5, 0.6) is 11.5 Å². The summed E-state index contributed by atoms with van der Waals surface area (Å²) in [7, 11) is 6.89. The molecule has 1 unspecified atom stereocenters. The molecule has 8 heteroatoms. The minimum atomic E-state index is -0.736. The predicted octanol–water partition coefficient (Wildman–Crippen LogP) is 2.12. The maximum absolute atomic E-state index is 12.1. The lowest BCUT2D eigenvalue weighted by atomic mass is 10.1. The largest absolute Gasteiger partial charge is 0.493 e. The molecule has 2 N–H and O–H groups in total. The van der Waals surface area contributed by atoms with Crippen LogP contribution in [0.3, 0.4) is 0 Å². The molecule has 0 aliphatic rings. The maximum atomic E-state index is 12.1. The zero-order valence-corrected chi connectivity index (χ0v) is 16.1. The number of thiophene rings is 1. The molecule has 1 aromatic carbocycles. The van der Waals surface area contributed by atoms with Gasteiger partial charge >= 0.3 is 11.8 Å². The van der Waals surface area contributed by atoms with Crippen LogP contribution >= 0.6 is 11.3 Å². The highest BCUT2D eigenvalue weighted by Gasteiger charge is 2.19. The van der Waals surface area contributed by atoms with Crippen molar-refractivity contribution in [1.82, 2.24) is 10.2 Å². The van der Waals surface area contributed by atoms with Gasteiger partial charge in [0.2, 0.25) is 0 Å². The number of anilines is 1. The number of hydrogen-bond acceptors (Lipinski definition) is 6. The topological polar surface area (TPSA) is 79.9 Å². The summed E-state index contributed by atoms with van der Waals surface area (Å²) in [5.41, 5.74) is 1.55. The minimum absolute atomic E-state index is 0.000851. The summed E-state index contributed by atoms with van der Waals surface area (Å²) < 4.78 is 10.3. The third kappa shape index (κ3) is 4.96. The van der Waals surface area contributed by atoms with Gasteiger partial charge in [0.1, 0.15) is 0 Å². The Morgan fingerprint density at radius 1 is 1.12 bits per heavy atom. The number of nitrogens with zero attached hydrogens (tertiary/aromatic N) is 1. The first-order chi connectivity index (χ1) is 12.5. The van der Waals surface area contributed by atoms with Gasteiger partial charge in [0.05, 0.1) is 20.3 Å². The van der Waals surface area contributed by atoms with Crippen molar-refractivity contribution in [3.8, 4) is 11.5 Å². The molecule has 1 aromatic heterocycles. The van der Waals surface area contributed by atoms with Gasteiger partial charge in [-0.05, 0) is 48.6 Å². The van der Waals surface area contributed by atoms with Crippen LogP contribution in [-0.2, 0) is 9.59 Å². The highest BCUT2D eigenvalue weighted by atomic mass is 32.1. The number of carbonyl (C=O) groups is 2. The summed E-state index contributed by atoms with van der Waals surface area (Å²) in [6.07, 6.45) is 0.